The van der Waals surface area contributed by atoms with Crippen molar-refractivity contribution in [3.8, 4) is 0 Å². The summed E-state index contributed by atoms with van der Waals surface area (Å²) < 4.78 is 0. The van der Waals surface area contributed by atoms with Crippen molar-refractivity contribution in [3.05, 3.63) is 64.2 Å². The van der Waals surface area contributed by atoms with E-state index in [1.54, 1.807) is 0 Å². The largest absolute Gasteiger partial charge is 0.325 e. The Balaban J connectivity index is 1.50. The second-order valence-corrected chi connectivity index (χ2v) is 9.71. The standard InChI is InChI=1S/C24H27ClN4OS/c1-16-4-9-20(14-17(16)2)26-21(30)15-31-23-22(18-5-7-19(25)8-6-18)27-24(28-23)10-12-29(3)13-11-24/h4-9,14H,10-13,15H2,1-3H3,(H,26,30). The lowest BCUT2D eigenvalue weighted by atomic mass is 9.99. The lowest BCUT2D eigenvalue weighted by Gasteiger charge is -2.33. The molecular weight excluding hydrogens is 428 g/mol. The fraction of sp³-hybridized carbons (Fsp3) is 0.375. The monoisotopic (exact) mass is 454 g/mol. The summed E-state index contributed by atoms with van der Waals surface area (Å²) in [7, 11) is 2.13. The molecule has 0 aromatic heterocycles. The molecule has 2 aliphatic heterocycles. The summed E-state index contributed by atoms with van der Waals surface area (Å²) in [6.45, 7) is 6.03. The van der Waals surface area contributed by atoms with Crippen molar-refractivity contribution in [2.75, 3.05) is 31.2 Å². The Morgan fingerprint density at radius 3 is 2.48 bits per heavy atom. The number of benzene rings is 2. The Morgan fingerprint density at radius 1 is 1.10 bits per heavy atom. The molecule has 0 saturated carbocycles. The molecule has 5 nitrogen and oxygen atoms in total. The normalized spacial score (nSPS) is 18.1. The molecule has 2 aliphatic rings. The summed E-state index contributed by atoms with van der Waals surface area (Å²) in [5.74, 6) is 0.240. The topological polar surface area (TPSA) is 57.1 Å². The first-order valence-electron chi connectivity index (χ1n) is 10.5. The third-order valence-corrected chi connectivity index (χ3v) is 7.08. The number of carbonyl (C=O) groups excluding carboxylic acids is 1. The highest BCUT2D eigenvalue weighted by molar-refractivity contribution is 8.16. The van der Waals surface area contributed by atoms with Crippen LogP contribution in [0.2, 0.25) is 5.02 Å². The van der Waals surface area contributed by atoms with Crippen LogP contribution in [-0.2, 0) is 4.79 Å². The molecule has 4 rings (SSSR count). The van der Waals surface area contributed by atoms with E-state index in [0.717, 1.165) is 53.5 Å². The summed E-state index contributed by atoms with van der Waals surface area (Å²) in [6.07, 6.45) is 1.78. The molecule has 0 radical (unpaired) electrons. The smallest absolute Gasteiger partial charge is 0.234 e. The number of hydrogen-bond donors (Lipinski definition) is 1. The minimum absolute atomic E-state index is 0.0456. The molecular formula is C24H27ClN4OS. The van der Waals surface area contributed by atoms with Gasteiger partial charge in [0.05, 0.1) is 11.5 Å². The number of nitrogens with zero attached hydrogens (tertiary/aromatic N) is 3. The Kier molecular flexibility index (Phi) is 6.51. The Hall–Kier alpha value is -2.15. The third kappa shape index (κ3) is 5.20. The molecule has 1 saturated heterocycles. The van der Waals surface area contributed by atoms with E-state index in [0.29, 0.717) is 5.02 Å². The highest BCUT2D eigenvalue weighted by Crippen LogP contribution is 2.35. The average molecular weight is 455 g/mol. The molecule has 2 aromatic rings. The zero-order valence-electron chi connectivity index (χ0n) is 18.1. The summed E-state index contributed by atoms with van der Waals surface area (Å²) in [5.41, 5.74) is 4.63. The zero-order valence-corrected chi connectivity index (χ0v) is 19.7. The molecule has 0 aliphatic carbocycles. The Labute approximate surface area is 193 Å². The van der Waals surface area contributed by atoms with Gasteiger partial charge in [-0.15, -0.1) is 0 Å². The van der Waals surface area contributed by atoms with Crippen LogP contribution in [0.5, 0.6) is 0 Å². The first-order valence-corrected chi connectivity index (χ1v) is 11.8. The molecule has 162 valence electrons. The number of carbonyl (C=O) groups is 1. The van der Waals surface area contributed by atoms with Crippen molar-refractivity contribution in [1.82, 2.24) is 4.90 Å². The van der Waals surface area contributed by atoms with E-state index < -0.39 is 5.66 Å². The first-order chi connectivity index (χ1) is 14.8. The van der Waals surface area contributed by atoms with E-state index in [9.17, 15) is 4.79 Å². The van der Waals surface area contributed by atoms with Crippen molar-refractivity contribution in [2.24, 2.45) is 9.98 Å². The van der Waals surface area contributed by atoms with Crippen molar-refractivity contribution >= 4 is 45.7 Å². The predicted octanol–water partition coefficient (Wildman–Crippen LogP) is 4.95. The number of rotatable bonds is 4. The van der Waals surface area contributed by atoms with Gasteiger partial charge in [0.2, 0.25) is 5.91 Å². The highest BCUT2D eigenvalue weighted by atomic mass is 35.5. The van der Waals surface area contributed by atoms with Crippen LogP contribution in [0, 0.1) is 13.8 Å². The van der Waals surface area contributed by atoms with Gasteiger partial charge in [0.25, 0.3) is 0 Å². The quantitative estimate of drug-likeness (QED) is 0.710. The van der Waals surface area contributed by atoms with E-state index in [4.69, 9.17) is 21.6 Å². The molecule has 1 spiro atoms. The van der Waals surface area contributed by atoms with Crippen LogP contribution in [0.15, 0.2) is 52.4 Å². The minimum Gasteiger partial charge on any atom is -0.325 e. The van der Waals surface area contributed by atoms with Gasteiger partial charge in [-0.1, -0.05) is 41.6 Å². The van der Waals surface area contributed by atoms with Crippen LogP contribution in [0.3, 0.4) is 0 Å². The van der Waals surface area contributed by atoms with Crippen LogP contribution < -0.4 is 5.32 Å². The van der Waals surface area contributed by atoms with E-state index in [-0.39, 0.29) is 11.7 Å². The van der Waals surface area contributed by atoms with Gasteiger partial charge in [-0.3, -0.25) is 9.79 Å². The van der Waals surface area contributed by atoms with Gasteiger partial charge in [-0.05, 0) is 56.3 Å². The summed E-state index contributed by atoms with van der Waals surface area (Å²) >= 11 is 7.53. The molecule has 0 atom stereocenters. The lowest BCUT2D eigenvalue weighted by molar-refractivity contribution is -0.113. The van der Waals surface area contributed by atoms with Crippen molar-refractivity contribution < 1.29 is 4.79 Å². The number of hydrogen-bond acceptors (Lipinski definition) is 5. The maximum Gasteiger partial charge on any atom is 0.234 e. The fourth-order valence-corrected chi connectivity index (χ4v) is 4.77. The molecule has 0 bridgehead atoms. The second kappa shape index (κ2) is 9.15. The minimum atomic E-state index is -0.408. The third-order valence-electron chi connectivity index (χ3n) is 5.87. The first kappa shape index (κ1) is 22.1. The van der Waals surface area contributed by atoms with Gasteiger partial charge < -0.3 is 10.2 Å². The average Bonchev–Trinajstić information content (AvgIpc) is 3.10. The summed E-state index contributed by atoms with van der Waals surface area (Å²) in [4.78, 5) is 25.0. The van der Waals surface area contributed by atoms with Crippen LogP contribution in [0.25, 0.3) is 0 Å². The fourth-order valence-electron chi connectivity index (χ4n) is 3.77. The highest BCUT2D eigenvalue weighted by Gasteiger charge is 2.39. The van der Waals surface area contributed by atoms with Gasteiger partial charge in [-0.2, -0.15) is 0 Å². The molecule has 31 heavy (non-hydrogen) atoms. The van der Waals surface area contributed by atoms with Crippen molar-refractivity contribution in [1.29, 1.82) is 0 Å². The summed E-state index contributed by atoms with van der Waals surface area (Å²) in [6, 6.07) is 13.6. The van der Waals surface area contributed by atoms with Gasteiger partial charge >= 0.3 is 0 Å². The number of aliphatic imine (C=N–C) groups is 2. The van der Waals surface area contributed by atoms with Crippen LogP contribution >= 0.6 is 23.4 Å². The van der Waals surface area contributed by atoms with Gasteiger partial charge in [0.15, 0.2) is 5.66 Å². The molecule has 7 heteroatoms. The number of aryl methyl sites for hydroxylation is 2. The molecule has 2 aromatic carbocycles. The number of halogens is 1. The SMILES string of the molecule is Cc1ccc(NC(=O)CSC2=NC3(CCN(C)CC3)N=C2c2ccc(Cl)cc2)cc1C. The molecule has 2 heterocycles. The lowest BCUT2D eigenvalue weighted by Crippen LogP contribution is -2.39. The summed E-state index contributed by atoms with van der Waals surface area (Å²) in [5, 5.41) is 4.52. The predicted molar refractivity (Wildman–Crippen MR) is 132 cm³/mol. The van der Waals surface area contributed by atoms with E-state index in [2.05, 4.69) is 24.2 Å². The van der Waals surface area contributed by atoms with E-state index >= 15 is 0 Å². The molecule has 1 fully saturated rings. The zero-order chi connectivity index (χ0) is 22.0. The number of piperidine rings is 1. The maximum atomic E-state index is 12.6. The van der Waals surface area contributed by atoms with Crippen molar-refractivity contribution in [3.63, 3.8) is 0 Å². The maximum absolute atomic E-state index is 12.6. The van der Waals surface area contributed by atoms with Gasteiger partial charge in [-0.25, -0.2) is 4.99 Å². The molecule has 0 unspecified atom stereocenters. The number of anilines is 1. The molecule has 1 amide bonds. The Bertz CT molecular complexity index is 1040. The van der Waals surface area contributed by atoms with Crippen LogP contribution in [-0.4, -0.2) is 53.1 Å². The van der Waals surface area contributed by atoms with Gasteiger partial charge in [0.1, 0.15) is 5.04 Å². The number of likely N-dealkylation sites (tertiary alicyclic amines) is 1. The molecule has 1 N–H and O–H groups in total. The number of amides is 1. The van der Waals surface area contributed by atoms with E-state index in [1.165, 1.54) is 17.3 Å². The second-order valence-electron chi connectivity index (χ2n) is 8.31. The van der Waals surface area contributed by atoms with Crippen molar-refractivity contribution in [2.45, 2.75) is 32.4 Å². The Morgan fingerprint density at radius 2 is 1.81 bits per heavy atom. The van der Waals surface area contributed by atoms with Gasteiger partial charge in [0, 0.05) is 42.2 Å². The number of thioether (sulfide) groups is 1. The van der Waals surface area contributed by atoms with Crippen LogP contribution in [0.1, 0.15) is 29.5 Å². The van der Waals surface area contributed by atoms with E-state index in [1.807, 2.05) is 49.4 Å². The van der Waals surface area contributed by atoms with Crippen LogP contribution in [0.4, 0.5) is 5.69 Å². The number of nitrogens with one attached hydrogen (secondary N) is 1.